The van der Waals surface area contributed by atoms with E-state index in [1.54, 1.807) is 0 Å². The van der Waals surface area contributed by atoms with Crippen LogP contribution in [0.1, 0.15) is 0 Å². The standard InChI is InChI=1S/C34H26N2Si/c1-37(2)32-28-19-10-9-14-24(28)20-21-29(32)31-33(37)30(35-34(36-31)25-15-7-4-8-16-25)27-18-11-17-26(22-27)23-12-5-3-6-13-23/h3-22H,1-2H3. The molecule has 2 nitrogen and oxygen atoms in total. The predicted octanol–water partition coefficient (Wildman–Crippen LogP) is 7.43. The van der Waals surface area contributed by atoms with E-state index in [0.717, 1.165) is 28.3 Å². The Balaban J connectivity index is 1.54. The van der Waals surface area contributed by atoms with Gasteiger partial charge in [-0.25, -0.2) is 9.97 Å². The van der Waals surface area contributed by atoms with Gasteiger partial charge in [0.05, 0.1) is 11.4 Å². The Labute approximate surface area is 218 Å². The molecule has 0 unspecified atom stereocenters. The fraction of sp³-hybridized carbons (Fsp3) is 0.0588. The molecule has 2 heterocycles. The number of hydrogen-bond donors (Lipinski definition) is 0. The van der Waals surface area contributed by atoms with Crippen LogP contribution in [-0.4, -0.2) is 18.0 Å². The van der Waals surface area contributed by atoms with Crippen LogP contribution >= 0.6 is 0 Å². The lowest BCUT2D eigenvalue weighted by molar-refractivity contribution is 1.20. The molecule has 0 radical (unpaired) electrons. The van der Waals surface area contributed by atoms with Crippen molar-refractivity contribution in [3.8, 4) is 45.0 Å². The number of nitrogens with zero attached hydrogens (tertiary/aromatic N) is 2. The topological polar surface area (TPSA) is 25.8 Å². The summed E-state index contributed by atoms with van der Waals surface area (Å²) in [5.41, 5.74) is 8.04. The summed E-state index contributed by atoms with van der Waals surface area (Å²) in [7, 11) is -2.12. The molecule has 0 amide bonds. The van der Waals surface area contributed by atoms with E-state index in [-0.39, 0.29) is 0 Å². The Kier molecular flexibility index (Phi) is 4.95. The number of hydrogen-bond acceptors (Lipinski definition) is 2. The maximum absolute atomic E-state index is 5.30. The lowest BCUT2D eigenvalue weighted by atomic mass is 10.00. The summed E-state index contributed by atoms with van der Waals surface area (Å²) in [6, 6.07) is 43.1. The molecule has 1 aliphatic rings. The minimum absolute atomic E-state index is 0.783. The van der Waals surface area contributed by atoms with Crippen LogP contribution in [0.2, 0.25) is 13.1 Å². The van der Waals surface area contributed by atoms with Gasteiger partial charge in [-0.05, 0) is 38.3 Å². The molecule has 7 rings (SSSR count). The number of aromatic nitrogens is 2. The molecule has 1 aliphatic heterocycles. The van der Waals surface area contributed by atoms with Crippen molar-refractivity contribution >= 4 is 29.2 Å². The van der Waals surface area contributed by atoms with Crippen molar-refractivity contribution in [3.63, 3.8) is 0 Å². The monoisotopic (exact) mass is 490 g/mol. The van der Waals surface area contributed by atoms with Crippen LogP contribution in [-0.2, 0) is 0 Å². The second-order valence-electron chi connectivity index (χ2n) is 10.3. The average Bonchev–Trinajstić information content (AvgIpc) is 3.20. The second kappa shape index (κ2) is 8.36. The van der Waals surface area contributed by atoms with Gasteiger partial charge in [-0.2, -0.15) is 0 Å². The molecule has 176 valence electrons. The van der Waals surface area contributed by atoms with Gasteiger partial charge in [0.25, 0.3) is 0 Å². The summed E-state index contributed by atoms with van der Waals surface area (Å²) in [6.07, 6.45) is 0. The van der Waals surface area contributed by atoms with Gasteiger partial charge in [0.1, 0.15) is 8.07 Å². The van der Waals surface area contributed by atoms with E-state index in [1.807, 2.05) is 6.07 Å². The van der Waals surface area contributed by atoms with Crippen molar-refractivity contribution in [2.75, 3.05) is 0 Å². The van der Waals surface area contributed by atoms with Crippen molar-refractivity contribution in [1.82, 2.24) is 9.97 Å². The highest BCUT2D eigenvalue weighted by atomic mass is 28.3. The van der Waals surface area contributed by atoms with E-state index in [0.29, 0.717) is 0 Å². The zero-order valence-corrected chi connectivity index (χ0v) is 21.9. The lowest BCUT2D eigenvalue weighted by Crippen LogP contribution is -2.50. The van der Waals surface area contributed by atoms with Gasteiger partial charge in [0.2, 0.25) is 0 Å². The van der Waals surface area contributed by atoms with Gasteiger partial charge < -0.3 is 0 Å². The minimum atomic E-state index is -2.12. The van der Waals surface area contributed by atoms with Gasteiger partial charge in [-0.1, -0.05) is 128 Å². The summed E-state index contributed by atoms with van der Waals surface area (Å²) in [5.74, 6) is 0.783. The van der Waals surface area contributed by atoms with Crippen LogP contribution in [0.5, 0.6) is 0 Å². The van der Waals surface area contributed by atoms with E-state index >= 15 is 0 Å². The molecule has 0 saturated carbocycles. The van der Waals surface area contributed by atoms with Crippen molar-refractivity contribution in [1.29, 1.82) is 0 Å². The van der Waals surface area contributed by atoms with Crippen LogP contribution in [0, 0.1) is 0 Å². The zero-order chi connectivity index (χ0) is 25.0. The zero-order valence-electron chi connectivity index (χ0n) is 20.9. The normalized spacial score (nSPS) is 13.4. The molecule has 0 N–H and O–H groups in total. The fourth-order valence-corrected chi connectivity index (χ4v) is 9.52. The largest absolute Gasteiger partial charge is 0.228 e. The molecular weight excluding hydrogens is 464 g/mol. The van der Waals surface area contributed by atoms with E-state index in [9.17, 15) is 0 Å². The third-order valence-electron chi connectivity index (χ3n) is 7.62. The minimum Gasteiger partial charge on any atom is -0.228 e. The van der Waals surface area contributed by atoms with Gasteiger partial charge in [0.15, 0.2) is 5.82 Å². The summed E-state index contributed by atoms with van der Waals surface area (Å²) < 4.78 is 0. The van der Waals surface area contributed by atoms with Crippen LogP contribution in [0.3, 0.4) is 0 Å². The molecule has 0 aliphatic carbocycles. The van der Waals surface area contributed by atoms with Gasteiger partial charge in [-0.3, -0.25) is 0 Å². The Bertz CT molecular complexity index is 1790. The molecule has 0 bridgehead atoms. The Morgan fingerprint density at radius 1 is 0.486 bits per heavy atom. The van der Waals surface area contributed by atoms with Gasteiger partial charge in [0, 0.05) is 16.7 Å². The summed E-state index contributed by atoms with van der Waals surface area (Å²) >= 11 is 0. The third kappa shape index (κ3) is 3.46. The molecule has 1 aromatic heterocycles. The molecule has 0 spiro atoms. The molecule has 6 aromatic rings. The van der Waals surface area contributed by atoms with Gasteiger partial charge >= 0.3 is 0 Å². The molecular formula is C34H26N2Si. The predicted molar refractivity (Wildman–Crippen MR) is 158 cm³/mol. The maximum Gasteiger partial charge on any atom is 0.160 e. The fourth-order valence-electron chi connectivity index (χ4n) is 5.92. The third-order valence-corrected chi connectivity index (χ3v) is 11.1. The first kappa shape index (κ1) is 21.9. The van der Waals surface area contributed by atoms with Crippen LogP contribution in [0.4, 0.5) is 0 Å². The van der Waals surface area contributed by atoms with Crippen LogP contribution in [0.15, 0.2) is 121 Å². The SMILES string of the molecule is C[Si]1(C)c2c(-c3cccc(-c4ccccc4)c3)nc(-c3ccccc3)nc2-c2ccc3ccccc3c21. The summed E-state index contributed by atoms with van der Waals surface area (Å²) in [5, 5.41) is 5.45. The first-order valence-corrected chi connectivity index (χ1v) is 15.8. The summed E-state index contributed by atoms with van der Waals surface area (Å²) in [4.78, 5) is 10.6. The van der Waals surface area contributed by atoms with Crippen molar-refractivity contribution in [3.05, 3.63) is 121 Å². The lowest BCUT2D eigenvalue weighted by Gasteiger charge is -2.23. The number of benzene rings is 5. The second-order valence-corrected chi connectivity index (χ2v) is 14.5. The van der Waals surface area contributed by atoms with E-state index in [4.69, 9.17) is 9.97 Å². The first-order valence-electron chi connectivity index (χ1n) is 12.8. The molecule has 0 saturated heterocycles. The maximum atomic E-state index is 5.30. The van der Waals surface area contributed by atoms with Gasteiger partial charge in [-0.15, -0.1) is 0 Å². The highest BCUT2D eigenvalue weighted by molar-refractivity contribution is 7.05. The Morgan fingerprint density at radius 3 is 1.89 bits per heavy atom. The van der Waals surface area contributed by atoms with E-state index < -0.39 is 8.07 Å². The van der Waals surface area contributed by atoms with Crippen molar-refractivity contribution in [2.45, 2.75) is 13.1 Å². The Hall–Kier alpha value is -4.34. The van der Waals surface area contributed by atoms with Crippen LogP contribution in [0.25, 0.3) is 55.8 Å². The number of rotatable bonds is 3. The summed E-state index contributed by atoms with van der Waals surface area (Å²) in [6.45, 7) is 4.92. The smallest absolute Gasteiger partial charge is 0.160 e. The average molecular weight is 491 g/mol. The van der Waals surface area contributed by atoms with E-state index in [1.165, 1.54) is 37.8 Å². The highest BCUT2D eigenvalue weighted by Crippen LogP contribution is 2.36. The molecule has 37 heavy (non-hydrogen) atoms. The molecule has 0 fully saturated rings. The van der Waals surface area contributed by atoms with Crippen molar-refractivity contribution in [2.24, 2.45) is 0 Å². The molecule has 5 aromatic carbocycles. The first-order chi connectivity index (χ1) is 18.1. The molecule has 0 atom stereocenters. The molecule has 3 heteroatoms. The Morgan fingerprint density at radius 2 is 1.11 bits per heavy atom. The van der Waals surface area contributed by atoms with Crippen LogP contribution < -0.4 is 10.4 Å². The van der Waals surface area contributed by atoms with E-state index in [2.05, 4.69) is 128 Å². The van der Waals surface area contributed by atoms with Crippen molar-refractivity contribution < 1.29 is 0 Å². The quantitative estimate of drug-likeness (QED) is 0.241. The highest BCUT2D eigenvalue weighted by Gasteiger charge is 2.43. The number of fused-ring (bicyclic) bond motifs is 5.